The van der Waals surface area contributed by atoms with Crippen LogP contribution in [0, 0.1) is 20.8 Å². The van der Waals surface area contributed by atoms with E-state index in [4.69, 9.17) is 23.8 Å². The Kier molecular flexibility index (Phi) is 5.16. The van der Waals surface area contributed by atoms with E-state index in [0.29, 0.717) is 10.6 Å². The molecule has 0 saturated heterocycles. The molecule has 0 fully saturated rings. The first-order valence-corrected chi connectivity index (χ1v) is 7.60. The standard InChI is InChI=1S/C17H17ClN2OS/c1-10-6-11(2)8-13(7-10)16(21)20-17(22)19-14-5-4-12(3)15(18)9-14/h4-9H,1-3H3,(H2,19,20,21,22). The molecule has 0 spiro atoms. The van der Waals surface area contributed by atoms with E-state index < -0.39 is 0 Å². The second-order valence-corrected chi connectivity index (χ2v) is 6.06. The van der Waals surface area contributed by atoms with Gasteiger partial charge in [-0.1, -0.05) is 34.9 Å². The monoisotopic (exact) mass is 332 g/mol. The van der Waals surface area contributed by atoms with Crippen LogP contribution >= 0.6 is 23.8 Å². The molecule has 0 bridgehead atoms. The Morgan fingerprint density at radius 2 is 1.68 bits per heavy atom. The lowest BCUT2D eigenvalue weighted by molar-refractivity contribution is 0.0977. The second kappa shape index (κ2) is 6.90. The van der Waals surface area contributed by atoms with Crippen molar-refractivity contribution in [3.63, 3.8) is 0 Å². The number of amides is 1. The van der Waals surface area contributed by atoms with Gasteiger partial charge in [-0.25, -0.2) is 0 Å². The summed E-state index contributed by atoms with van der Waals surface area (Å²) in [5.74, 6) is -0.234. The van der Waals surface area contributed by atoms with E-state index >= 15 is 0 Å². The highest BCUT2D eigenvalue weighted by Gasteiger charge is 2.09. The van der Waals surface area contributed by atoms with Gasteiger partial charge in [0.1, 0.15) is 0 Å². The summed E-state index contributed by atoms with van der Waals surface area (Å²) in [4.78, 5) is 12.2. The van der Waals surface area contributed by atoms with Crippen LogP contribution in [0.2, 0.25) is 5.02 Å². The molecule has 0 aliphatic heterocycles. The first-order valence-electron chi connectivity index (χ1n) is 6.82. The Morgan fingerprint density at radius 3 is 2.27 bits per heavy atom. The van der Waals surface area contributed by atoms with Crippen LogP contribution in [0.25, 0.3) is 0 Å². The minimum absolute atomic E-state index is 0.234. The molecule has 3 nitrogen and oxygen atoms in total. The molecule has 1 amide bonds. The van der Waals surface area contributed by atoms with Gasteiger partial charge in [-0.05, 0) is 62.8 Å². The van der Waals surface area contributed by atoms with E-state index in [2.05, 4.69) is 10.6 Å². The minimum Gasteiger partial charge on any atom is -0.332 e. The number of rotatable bonds is 2. The van der Waals surface area contributed by atoms with E-state index in [-0.39, 0.29) is 11.0 Å². The minimum atomic E-state index is -0.234. The zero-order chi connectivity index (χ0) is 16.3. The van der Waals surface area contributed by atoms with Crippen LogP contribution in [0.15, 0.2) is 36.4 Å². The molecular formula is C17H17ClN2OS. The number of anilines is 1. The predicted molar refractivity (Wildman–Crippen MR) is 95.8 cm³/mol. The van der Waals surface area contributed by atoms with Crippen LogP contribution < -0.4 is 10.6 Å². The normalized spacial score (nSPS) is 10.2. The molecule has 0 unspecified atom stereocenters. The van der Waals surface area contributed by atoms with Crippen LogP contribution in [-0.2, 0) is 0 Å². The zero-order valence-corrected chi connectivity index (χ0v) is 14.2. The van der Waals surface area contributed by atoms with Gasteiger partial charge in [0.15, 0.2) is 5.11 Å². The van der Waals surface area contributed by atoms with Gasteiger partial charge >= 0.3 is 0 Å². The van der Waals surface area contributed by atoms with Crippen LogP contribution in [0.1, 0.15) is 27.0 Å². The van der Waals surface area contributed by atoms with Crippen LogP contribution in [0.4, 0.5) is 5.69 Å². The molecule has 2 aromatic carbocycles. The molecule has 0 aliphatic carbocycles. The number of hydrogen-bond acceptors (Lipinski definition) is 2. The maximum absolute atomic E-state index is 12.2. The Bertz CT molecular complexity index is 723. The fourth-order valence-electron chi connectivity index (χ4n) is 2.11. The van der Waals surface area contributed by atoms with Crippen LogP contribution in [-0.4, -0.2) is 11.0 Å². The van der Waals surface area contributed by atoms with Crippen LogP contribution in [0.5, 0.6) is 0 Å². The molecule has 5 heteroatoms. The van der Waals surface area contributed by atoms with Gasteiger partial charge in [-0.15, -0.1) is 0 Å². The number of carbonyl (C=O) groups is 1. The summed E-state index contributed by atoms with van der Waals surface area (Å²) in [7, 11) is 0. The molecule has 0 aromatic heterocycles. The Hall–Kier alpha value is -1.91. The third kappa shape index (κ3) is 4.29. The van der Waals surface area contributed by atoms with Crippen molar-refractivity contribution in [1.29, 1.82) is 0 Å². The number of nitrogens with one attached hydrogen (secondary N) is 2. The van der Waals surface area contributed by atoms with Gasteiger partial charge in [-0.2, -0.15) is 0 Å². The number of hydrogen-bond donors (Lipinski definition) is 2. The summed E-state index contributed by atoms with van der Waals surface area (Å²) in [6.07, 6.45) is 0. The van der Waals surface area contributed by atoms with Crippen molar-refractivity contribution in [2.45, 2.75) is 20.8 Å². The van der Waals surface area contributed by atoms with Gasteiger partial charge in [-0.3, -0.25) is 10.1 Å². The summed E-state index contributed by atoms with van der Waals surface area (Å²) in [5, 5.41) is 6.51. The first-order chi connectivity index (χ1) is 10.3. The Morgan fingerprint density at radius 1 is 1.05 bits per heavy atom. The highest BCUT2D eigenvalue weighted by Crippen LogP contribution is 2.19. The number of thiocarbonyl (C=S) groups is 1. The number of carbonyl (C=O) groups excluding carboxylic acids is 1. The van der Waals surface area contributed by atoms with Gasteiger partial charge in [0.05, 0.1) is 0 Å². The Balaban J connectivity index is 2.04. The third-order valence-corrected chi connectivity index (χ3v) is 3.75. The zero-order valence-electron chi connectivity index (χ0n) is 12.7. The summed E-state index contributed by atoms with van der Waals surface area (Å²) in [5.41, 5.74) is 4.38. The van der Waals surface area contributed by atoms with Crippen molar-refractivity contribution < 1.29 is 4.79 Å². The van der Waals surface area contributed by atoms with E-state index in [1.54, 1.807) is 6.07 Å². The average molecular weight is 333 g/mol. The first kappa shape index (κ1) is 16.5. The van der Waals surface area contributed by atoms with Crippen molar-refractivity contribution in [2.24, 2.45) is 0 Å². The Labute approximate surface area is 140 Å². The summed E-state index contributed by atoms with van der Waals surface area (Å²) >= 11 is 11.2. The number of aryl methyl sites for hydroxylation is 3. The lowest BCUT2D eigenvalue weighted by Crippen LogP contribution is -2.34. The van der Waals surface area contributed by atoms with Gasteiger partial charge < -0.3 is 5.32 Å². The summed E-state index contributed by atoms with van der Waals surface area (Å²) in [6.45, 7) is 5.83. The summed E-state index contributed by atoms with van der Waals surface area (Å²) in [6, 6.07) is 11.2. The molecule has 0 saturated carbocycles. The van der Waals surface area contributed by atoms with Crippen LogP contribution in [0.3, 0.4) is 0 Å². The maximum Gasteiger partial charge on any atom is 0.257 e. The molecule has 0 aliphatic rings. The fraction of sp³-hybridized carbons (Fsp3) is 0.176. The highest BCUT2D eigenvalue weighted by atomic mass is 35.5. The van der Waals surface area contributed by atoms with E-state index in [1.807, 2.05) is 51.1 Å². The number of benzene rings is 2. The quantitative estimate of drug-likeness (QED) is 0.801. The SMILES string of the molecule is Cc1cc(C)cc(C(=O)NC(=S)Nc2ccc(C)c(Cl)c2)c1. The molecule has 0 heterocycles. The maximum atomic E-state index is 12.2. The molecular weight excluding hydrogens is 316 g/mol. The van der Waals surface area contributed by atoms with Crippen molar-refractivity contribution >= 4 is 40.5 Å². The van der Waals surface area contributed by atoms with E-state index in [9.17, 15) is 4.79 Å². The van der Waals surface area contributed by atoms with E-state index in [0.717, 1.165) is 22.4 Å². The molecule has 2 aromatic rings. The molecule has 2 rings (SSSR count). The lowest BCUT2D eigenvalue weighted by Gasteiger charge is -2.11. The third-order valence-electron chi connectivity index (χ3n) is 3.14. The molecule has 2 N–H and O–H groups in total. The molecule has 0 atom stereocenters. The second-order valence-electron chi connectivity index (χ2n) is 5.25. The molecule has 0 radical (unpaired) electrons. The molecule has 22 heavy (non-hydrogen) atoms. The van der Waals surface area contributed by atoms with Crippen molar-refractivity contribution in [2.75, 3.05) is 5.32 Å². The average Bonchev–Trinajstić information content (AvgIpc) is 2.41. The highest BCUT2D eigenvalue weighted by molar-refractivity contribution is 7.80. The van der Waals surface area contributed by atoms with Crippen molar-refractivity contribution in [1.82, 2.24) is 5.32 Å². The lowest BCUT2D eigenvalue weighted by atomic mass is 10.1. The van der Waals surface area contributed by atoms with Crippen molar-refractivity contribution in [3.8, 4) is 0 Å². The van der Waals surface area contributed by atoms with Crippen molar-refractivity contribution in [3.05, 3.63) is 63.7 Å². The number of halogens is 1. The predicted octanol–water partition coefficient (Wildman–Crippen LogP) is 4.39. The van der Waals surface area contributed by atoms with Gasteiger partial charge in [0.2, 0.25) is 0 Å². The largest absolute Gasteiger partial charge is 0.332 e. The smallest absolute Gasteiger partial charge is 0.257 e. The topological polar surface area (TPSA) is 41.1 Å². The van der Waals surface area contributed by atoms with Gasteiger partial charge in [0, 0.05) is 16.3 Å². The molecule has 114 valence electrons. The fourth-order valence-corrected chi connectivity index (χ4v) is 2.51. The summed E-state index contributed by atoms with van der Waals surface area (Å²) < 4.78 is 0. The van der Waals surface area contributed by atoms with Gasteiger partial charge in [0.25, 0.3) is 5.91 Å². The van der Waals surface area contributed by atoms with E-state index in [1.165, 1.54) is 0 Å².